The summed E-state index contributed by atoms with van der Waals surface area (Å²) < 4.78 is 24.7. The summed E-state index contributed by atoms with van der Waals surface area (Å²) in [6.07, 6.45) is -2.44. The van der Waals surface area contributed by atoms with Crippen LogP contribution in [0, 0.1) is 0 Å². The highest BCUT2D eigenvalue weighted by atomic mass is 19.3. The van der Waals surface area contributed by atoms with Gasteiger partial charge in [-0.05, 0) is 29.7 Å². The maximum Gasteiger partial charge on any atom is 0.263 e. The van der Waals surface area contributed by atoms with Gasteiger partial charge in [-0.3, -0.25) is 0 Å². The Morgan fingerprint density at radius 3 is 2.08 bits per heavy atom. The normalized spacial score (nSPS) is 11.2. The zero-order chi connectivity index (χ0) is 10.0. The standard InChI is InChI=1S/C10H13F2N/c1-6(2)7-3-8(10(11)12)5-9(13)4-7/h3-6,10H,13H2,1-2H3. The number of alkyl halides is 2. The molecule has 0 aliphatic rings. The fourth-order valence-electron chi connectivity index (χ4n) is 1.16. The Hall–Kier alpha value is -1.12. The Labute approximate surface area is 76.6 Å². The smallest absolute Gasteiger partial charge is 0.263 e. The fraction of sp³-hybridized carbons (Fsp3) is 0.400. The van der Waals surface area contributed by atoms with Crippen molar-refractivity contribution in [1.82, 2.24) is 0 Å². The van der Waals surface area contributed by atoms with Crippen LogP contribution in [0.4, 0.5) is 14.5 Å². The lowest BCUT2D eigenvalue weighted by Crippen LogP contribution is -1.95. The Kier molecular flexibility index (Phi) is 2.86. The van der Waals surface area contributed by atoms with Crippen LogP contribution in [-0.4, -0.2) is 0 Å². The van der Waals surface area contributed by atoms with Gasteiger partial charge in [0.25, 0.3) is 6.43 Å². The first-order chi connectivity index (χ1) is 6.00. The number of nitrogens with two attached hydrogens (primary N) is 1. The lowest BCUT2D eigenvalue weighted by atomic mass is 10.00. The van der Waals surface area contributed by atoms with Crippen LogP contribution in [0.3, 0.4) is 0 Å². The van der Waals surface area contributed by atoms with E-state index in [1.807, 2.05) is 13.8 Å². The first kappa shape index (κ1) is 9.96. The number of rotatable bonds is 2. The minimum atomic E-state index is -2.44. The Morgan fingerprint density at radius 1 is 1.08 bits per heavy atom. The van der Waals surface area contributed by atoms with Gasteiger partial charge >= 0.3 is 0 Å². The maximum absolute atomic E-state index is 12.3. The fourth-order valence-corrected chi connectivity index (χ4v) is 1.16. The second-order valence-corrected chi connectivity index (χ2v) is 3.39. The molecule has 0 aliphatic carbocycles. The molecule has 2 N–H and O–H groups in total. The molecular weight excluding hydrogens is 172 g/mol. The largest absolute Gasteiger partial charge is 0.399 e. The lowest BCUT2D eigenvalue weighted by Gasteiger charge is -2.09. The summed E-state index contributed by atoms with van der Waals surface area (Å²) >= 11 is 0. The molecule has 0 saturated carbocycles. The Balaban J connectivity index is 3.11. The van der Waals surface area contributed by atoms with Crippen molar-refractivity contribution in [3.63, 3.8) is 0 Å². The molecule has 1 aromatic carbocycles. The molecule has 1 nitrogen and oxygen atoms in total. The van der Waals surface area contributed by atoms with Crippen LogP contribution in [0.5, 0.6) is 0 Å². The molecular formula is C10H13F2N. The average Bonchev–Trinajstić information content (AvgIpc) is 2.03. The SMILES string of the molecule is CC(C)c1cc(N)cc(C(F)F)c1. The van der Waals surface area contributed by atoms with Crippen LogP contribution in [0.15, 0.2) is 18.2 Å². The lowest BCUT2D eigenvalue weighted by molar-refractivity contribution is 0.151. The molecule has 3 heteroatoms. The van der Waals surface area contributed by atoms with E-state index < -0.39 is 6.43 Å². The minimum Gasteiger partial charge on any atom is -0.399 e. The molecule has 0 spiro atoms. The predicted octanol–water partition coefficient (Wildman–Crippen LogP) is 3.33. The second-order valence-electron chi connectivity index (χ2n) is 3.39. The molecule has 1 rings (SSSR count). The summed E-state index contributed by atoms with van der Waals surface area (Å²) in [7, 11) is 0. The van der Waals surface area contributed by atoms with Gasteiger partial charge in [0.05, 0.1) is 0 Å². The van der Waals surface area contributed by atoms with Gasteiger partial charge in [0.1, 0.15) is 0 Å². The van der Waals surface area contributed by atoms with Crippen molar-refractivity contribution < 1.29 is 8.78 Å². The van der Waals surface area contributed by atoms with Gasteiger partial charge in [-0.25, -0.2) is 8.78 Å². The van der Waals surface area contributed by atoms with Gasteiger partial charge in [0.2, 0.25) is 0 Å². The van der Waals surface area contributed by atoms with Gasteiger partial charge in [-0.15, -0.1) is 0 Å². The van der Waals surface area contributed by atoms with Crippen molar-refractivity contribution in [3.8, 4) is 0 Å². The summed E-state index contributed by atoms with van der Waals surface area (Å²) in [6, 6.07) is 4.55. The highest BCUT2D eigenvalue weighted by molar-refractivity contribution is 5.45. The number of hydrogen-bond donors (Lipinski definition) is 1. The van der Waals surface area contributed by atoms with Gasteiger partial charge in [-0.1, -0.05) is 13.8 Å². The van der Waals surface area contributed by atoms with E-state index in [1.54, 1.807) is 6.07 Å². The van der Waals surface area contributed by atoms with E-state index in [2.05, 4.69) is 0 Å². The van der Waals surface area contributed by atoms with Crippen molar-refractivity contribution >= 4 is 5.69 Å². The molecule has 0 unspecified atom stereocenters. The van der Waals surface area contributed by atoms with E-state index in [0.717, 1.165) is 5.56 Å². The summed E-state index contributed by atoms with van der Waals surface area (Å²) in [5, 5.41) is 0. The second kappa shape index (κ2) is 3.73. The minimum absolute atomic E-state index is 0.00343. The predicted molar refractivity (Wildman–Crippen MR) is 49.9 cm³/mol. The summed E-state index contributed by atoms with van der Waals surface area (Å²) in [6.45, 7) is 3.90. The molecule has 0 bridgehead atoms. The molecule has 0 radical (unpaired) electrons. The molecule has 0 saturated heterocycles. The number of nitrogen functional groups attached to an aromatic ring is 1. The average molecular weight is 185 g/mol. The molecule has 0 heterocycles. The van der Waals surface area contributed by atoms with Gasteiger partial charge in [-0.2, -0.15) is 0 Å². The third-order valence-electron chi connectivity index (χ3n) is 1.92. The molecule has 0 aromatic heterocycles. The van der Waals surface area contributed by atoms with Crippen LogP contribution in [0.1, 0.15) is 37.3 Å². The van der Waals surface area contributed by atoms with Gasteiger partial charge < -0.3 is 5.73 Å². The van der Waals surface area contributed by atoms with E-state index in [-0.39, 0.29) is 11.5 Å². The zero-order valence-corrected chi connectivity index (χ0v) is 7.72. The van der Waals surface area contributed by atoms with Crippen LogP contribution in [-0.2, 0) is 0 Å². The monoisotopic (exact) mass is 185 g/mol. The quantitative estimate of drug-likeness (QED) is 0.702. The summed E-state index contributed by atoms with van der Waals surface area (Å²) in [5.41, 5.74) is 6.77. The molecule has 72 valence electrons. The number of halogens is 2. The number of hydrogen-bond acceptors (Lipinski definition) is 1. The Bertz CT molecular complexity index is 269. The molecule has 1 aromatic rings. The maximum atomic E-state index is 12.3. The molecule has 0 amide bonds. The van der Waals surface area contributed by atoms with E-state index >= 15 is 0 Å². The van der Waals surface area contributed by atoms with E-state index in [4.69, 9.17) is 5.73 Å². The molecule has 0 fully saturated rings. The summed E-state index contributed by atoms with van der Waals surface area (Å²) in [5.74, 6) is 0.223. The van der Waals surface area contributed by atoms with Crippen molar-refractivity contribution in [1.29, 1.82) is 0 Å². The van der Waals surface area contributed by atoms with Crippen molar-refractivity contribution in [2.75, 3.05) is 5.73 Å². The topological polar surface area (TPSA) is 26.0 Å². The molecule has 0 atom stereocenters. The van der Waals surface area contributed by atoms with Crippen LogP contribution < -0.4 is 5.73 Å². The van der Waals surface area contributed by atoms with Crippen LogP contribution in [0.2, 0.25) is 0 Å². The molecule has 13 heavy (non-hydrogen) atoms. The summed E-state index contributed by atoms with van der Waals surface area (Å²) in [4.78, 5) is 0. The van der Waals surface area contributed by atoms with Crippen LogP contribution in [0.25, 0.3) is 0 Å². The van der Waals surface area contributed by atoms with E-state index in [9.17, 15) is 8.78 Å². The van der Waals surface area contributed by atoms with Crippen molar-refractivity contribution in [2.45, 2.75) is 26.2 Å². The first-order valence-corrected chi connectivity index (χ1v) is 4.19. The van der Waals surface area contributed by atoms with E-state index in [1.165, 1.54) is 12.1 Å². The highest BCUT2D eigenvalue weighted by Gasteiger charge is 2.10. The van der Waals surface area contributed by atoms with Crippen molar-refractivity contribution in [2.24, 2.45) is 0 Å². The Morgan fingerprint density at radius 2 is 1.62 bits per heavy atom. The van der Waals surface area contributed by atoms with Crippen LogP contribution >= 0.6 is 0 Å². The number of anilines is 1. The highest BCUT2D eigenvalue weighted by Crippen LogP contribution is 2.26. The van der Waals surface area contributed by atoms with Crippen molar-refractivity contribution in [3.05, 3.63) is 29.3 Å². The van der Waals surface area contributed by atoms with Gasteiger partial charge in [0.15, 0.2) is 0 Å². The zero-order valence-electron chi connectivity index (χ0n) is 7.72. The molecule has 0 aliphatic heterocycles. The van der Waals surface area contributed by atoms with E-state index in [0.29, 0.717) is 5.69 Å². The number of benzene rings is 1. The third kappa shape index (κ3) is 2.41. The van der Waals surface area contributed by atoms with Gasteiger partial charge in [0, 0.05) is 11.3 Å². The third-order valence-corrected chi connectivity index (χ3v) is 1.92. The first-order valence-electron chi connectivity index (χ1n) is 4.19.